The second-order valence-electron chi connectivity index (χ2n) is 2.90. The quantitative estimate of drug-likeness (QED) is 0.782. The average molecular weight is 203 g/mol. The van der Waals surface area contributed by atoms with Crippen molar-refractivity contribution in [3.05, 3.63) is 41.5 Å². The molecule has 1 nitrogen and oxygen atoms in total. The molecule has 4 heteroatoms. The largest absolute Gasteiger partial charge is 0.416 e. The van der Waals surface area contributed by atoms with Crippen LogP contribution < -0.4 is 0 Å². The third-order valence-corrected chi connectivity index (χ3v) is 1.97. The number of halogens is 3. The van der Waals surface area contributed by atoms with Crippen LogP contribution in [-0.2, 0) is 12.6 Å². The van der Waals surface area contributed by atoms with Gasteiger partial charge in [-0.3, -0.25) is 0 Å². The molecular formula is C10H10F3O. The van der Waals surface area contributed by atoms with Crippen molar-refractivity contribution in [3.63, 3.8) is 0 Å². The molecule has 14 heavy (non-hydrogen) atoms. The number of rotatable bonds is 2. The van der Waals surface area contributed by atoms with Crippen molar-refractivity contribution in [3.8, 4) is 0 Å². The molecule has 1 aromatic carbocycles. The predicted molar refractivity (Wildman–Crippen MR) is 46.2 cm³/mol. The van der Waals surface area contributed by atoms with E-state index in [-0.39, 0.29) is 11.1 Å². The van der Waals surface area contributed by atoms with Crippen LogP contribution in [0.15, 0.2) is 18.2 Å². The molecule has 0 bridgehead atoms. The Kier molecular flexibility index (Phi) is 3.16. The van der Waals surface area contributed by atoms with Gasteiger partial charge in [0.15, 0.2) is 0 Å². The molecule has 0 amide bonds. The van der Waals surface area contributed by atoms with Crippen LogP contribution in [-0.4, -0.2) is 5.11 Å². The Bertz CT molecular complexity index is 318. The molecule has 1 N–H and O–H groups in total. The summed E-state index contributed by atoms with van der Waals surface area (Å²) in [5, 5.41) is 8.60. The van der Waals surface area contributed by atoms with E-state index in [4.69, 9.17) is 5.11 Å². The number of benzene rings is 1. The molecule has 1 rings (SSSR count). The summed E-state index contributed by atoms with van der Waals surface area (Å²) in [6.07, 6.45) is -4.04. The third-order valence-electron chi connectivity index (χ3n) is 1.97. The van der Waals surface area contributed by atoms with Gasteiger partial charge in [0.25, 0.3) is 0 Å². The normalized spacial score (nSPS) is 11.8. The zero-order valence-corrected chi connectivity index (χ0v) is 7.60. The minimum atomic E-state index is -4.36. The standard InChI is InChI=1S/C10H10F3O/c1-2-8-4-3-7(6-14)5-9(8)10(11,12)13/h3-6,14H,2H2,1H3. The lowest BCUT2D eigenvalue weighted by Gasteiger charge is -2.12. The van der Waals surface area contributed by atoms with Crippen LogP contribution in [0.1, 0.15) is 23.6 Å². The topological polar surface area (TPSA) is 20.2 Å². The Balaban J connectivity index is 3.22. The number of aryl methyl sites for hydroxylation is 1. The molecule has 0 atom stereocenters. The van der Waals surface area contributed by atoms with Crippen LogP contribution in [0.25, 0.3) is 0 Å². The molecule has 0 aliphatic carbocycles. The number of alkyl halides is 3. The average Bonchev–Trinajstić information content (AvgIpc) is 2.15. The Morgan fingerprint density at radius 2 is 2.00 bits per heavy atom. The minimum Gasteiger partial charge on any atom is -0.385 e. The van der Waals surface area contributed by atoms with Gasteiger partial charge in [-0.2, -0.15) is 13.2 Å². The Morgan fingerprint density at radius 3 is 2.43 bits per heavy atom. The van der Waals surface area contributed by atoms with Crippen LogP contribution in [0.2, 0.25) is 0 Å². The van der Waals surface area contributed by atoms with E-state index >= 15 is 0 Å². The molecule has 0 aliphatic rings. The van der Waals surface area contributed by atoms with Gasteiger partial charge in [-0.1, -0.05) is 19.1 Å². The first-order valence-electron chi connectivity index (χ1n) is 4.16. The zero-order valence-electron chi connectivity index (χ0n) is 7.60. The highest BCUT2D eigenvalue weighted by molar-refractivity contribution is 5.36. The maximum absolute atomic E-state index is 12.5. The molecule has 0 heterocycles. The minimum absolute atomic E-state index is 0.162. The van der Waals surface area contributed by atoms with Gasteiger partial charge in [0.2, 0.25) is 0 Å². The molecule has 0 unspecified atom stereocenters. The molecule has 1 aromatic rings. The molecule has 77 valence electrons. The number of hydrogen-bond acceptors (Lipinski definition) is 1. The lowest BCUT2D eigenvalue weighted by molar-refractivity contribution is -0.138. The highest BCUT2D eigenvalue weighted by Gasteiger charge is 2.32. The predicted octanol–water partition coefficient (Wildman–Crippen LogP) is 3.15. The summed E-state index contributed by atoms with van der Waals surface area (Å²) >= 11 is 0. The van der Waals surface area contributed by atoms with Crippen molar-refractivity contribution in [1.82, 2.24) is 0 Å². The van der Waals surface area contributed by atoms with E-state index in [0.29, 0.717) is 13.0 Å². The number of aliphatic hydroxyl groups excluding tert-OH is 1. The molecule has 0 saturated heterocycles. The smallest absolute Gasteiger partial charge is 0.385 e. The maximum atomic E-state index is 12.5. The fourth-order valence-corrected chi connectivity index (χ4v) is 1.25. The lowest BCUT2D eigenvalue weighted by Crippen LogP contribution is -2.09. The van der Waals surface area contributed by atoms with Crippen molar-refractivity contribution < 1.29 is 18.3 Å². The highest BCUT2D eigenvalue weighted by Crippen LogP contribution is 2.33. The van der Waals surface area contributed by atoms with E-state index in [1.54, 1.807) is 6.92 Å². The van der Waals surface area contributed by atoms with Gasteiger partial charge < -0.3 is 5.11 Å². The highest BCUT2D eigenvalue weighted by atomic mass is 19.4. The van der Waals surface area contributed by atoms with Crippen LogP contribution in [0, 0.1) is 6.61 Å². The van der Waals surface area contributed by atoms with Gasteiger partial charge >= 0.3 is 6.18 Å². The first kappa shape index (κ1) is 11.0. The number of hydrogen-bond donors (Lipinski definition) is 1. The molecule has 0 saturated carbocycles. The van der Waals surface area contributed by atoms with E-state index in [2.05, 4.69) is 0 Å². The fraction of sp³-hybridized carbons (Fsp3) is 0.300. The second kappa shape index (κ2) is 4.00. The Morgan fingerprint density at radius 1 is 1.36 bits per heavy atom. The SMILES string of the molecule is CCc1ccc([CH]O)cc1C(F)(F)F. The molecule has 0 aromatic heterocycles. The van der Waals surface area contributed by atoms with Crippen molar-refractivity contribution in [2.45, 2.75) is 19.5 Å². The fourth-order valence-electron chi connectivity index (χ4n) is 1.25. The summed E-state index contributed by atoms with van der Waals surface area (Å²) in [4.78, 5) is 0. The summed E-state index contributed by atoms with van der Waals surface area (Å²) in [7, 11) is 0. The molecular weight excluding hydrogens is 193 g/mol. The first-order valence-corrected chi connectivity index (χ1v) is 4.16. The van der Waals surface area contributed by atoms with Crippen molar-refractivity contribution in [1.29, 1.82) is 0 Å². The van der Waals surface area contributed by atoms with Crippen molar-refractivity contribution >= 4 is 0 Å². The van der Waals surface area contributed by atoms with E-state index in [1.807, 2.05) is 0 Å². The molecule has 0 spiro atoms. The van der Waals surface area contributed by atoms with Gasteiger partial charge in [-0.05, 0) is 23.6 Å². The first-order chi connectivity index (χ1) is 6.49. The molecule has 1 radical (unpaired) electrons. The maximum Gasteiger partial charge on any atom is 0.416 e. The van der Waals surface area contributed by atoms with Crippen LogP contribution >= 0.6 is 0 Å². The number of aliphatic hydroxyl groups is 1. The second-order valence-corrected chi connectivity index (χ2v) is 2.90. The summed E-state index contributed by atoms with van der Waals surface area (Å²) in [6.45, 7) is 2.32. The zero-order chi connectivity index (χ0) is 10.8. The summed E-state index contributed by atoms with van der Waals surface area (Å²) < 4.78 is 37.4. The summed E-state index contributed by atoms with van der Waals surface area (Å²) in [5.74, 6) is 0. The van der Waals surface area contributed by atoms with Crippen LogP contribution in [0.4, 0.5) is 13.2 Å². The van der Waals surface area contributed by atoms with E-state index < -0.39 is 11.7 Å². The third kappa shape index (κ3) is 2.26. The van der Waals surface area contributed by atoms with Crippen molar-refractivity contribution in [2.24, 2.45) is 0 Å². The van der Waals surface area contributed by atoms with Gasteiger partial charge in [-0.25, -0.2) is 0 Å². The molecule has 0 aliphatic heterocycles. The summed E-state index contributed by atoms with van der Waals surface area (Å²) in [5.41, 5.74) is -0.277. The van der Waals surface area contributed by atoms with Crippen molar-refractivity contribution in [2.75, 3.05) is 0 Å². The van der Waals surface area contributed by atoms with Gasteiger partial charge in [0.1, 0.15) is 6.61 Å². The monoisotopic (exact) mass is 203 g/mol. The Labute approximate surface area is 80.2 Å². The van der Waals surface area contributed by atoms with Gasteiger partial charge in [0.05, 0.1) is 5.56 Å². The van der Waals surface area contributed by atoms with Crippen LogP contribution in [0.5, 0.6) is 0 Å². The molecule has 0 fully saturated rings. The Hall–Kier alpha value is -1.03. The van der Waals surface area contributed by atoms with Gasteiger partial charge in [0, 0.05) is 0 Å². The summed E-state index contributed by atoms with van der Waals surface area (Å²) in [6, 6.07) is 3.78. The lowest BCUT2D eigenvalue weighted by atomic mass is 10.0. The van der Waals surface area contributed by atoms with E-state index in [1.165, 1.54) is 12.1 Å². The van der Waals surface area contributed by atoms with E-state index in [0.717, 1.165) is 6.07 Å². The van der Waals surface area contributed by atoms with Gasteiger partial charge in [-0.15, -0.1) is 0 Å². The van der Waals surface area contributed by atoms with E-state index in [9.17, 15) is 13.2 Å². The van der Waals surface area contributed by atoms with Crippen LogP contribution in [0.3, 0.4) is 0 Å².